The molecule has 98 valence electrons. The first kappa shape index (κ1) is 13.2. The predicted molar refractivity (Wildman–Crippen MR) is 72.5 cm³/mol. The number of methoxy groups -OCH3 is 1. The van der Waals surface area contributed by atoms with E-state index in [1.165, 1.54) is 30.6 Å². The van der Waals surface area contributed by atoms with Gasteiger partial charge in [0.1, 0.15) is 0 Å². The minimum Gasteiger partial charge on any atom is -0.465 e. The molecule has 0 bridgehead atoms. The number of ether oxygens (including phenoxy) is 1. The molecule has 0 fully saturated rings. The molecule has 2 rings (SSSR count). The molecule has 2 aromatic rings. The fourth-order valence-electron chi connectivity index (χ4n) is 1.77. The van der Waals surface area contributed by atoms with Crippen molar-refractivity contribution in [2.24, 2.45) is 0 Å². The van der Waals surface area contributed by atoms with Crippen molar-refractivity contribution in [3.8, 4) is 10.4 Å². The zero-order valence-corrected chi connectivity index (χ0v) is 11.2. The Morgan fingerprint density at radius 2 is 2.11 bits per heavy atom. The van der Waals surface area contributed by atoms with Gasteiger partial charge in [0.15, 0.2) is 0 Å². The maximum absolute atomic E-state index is 11.4. The summed E-state index contributed by atoms with van der Waals surface area (Å²) in [7, 11) is 1.24. The highest BCUT2D eigenvalue weighted by Gasteiger charge is 2.20. The molecule has 6 heteroatoms. The molecule has 5 nitrogen and oxygen atoms in total. The largest absolute Gasteiger partial charge is 0.465 e. The van der Waals surface area contributed by atoms with Crippen LogP contribution in [0.25, 0.3) is 10.4 Å². The van der Waals surface area contributed by atoms with Crippen LogP contribution in [0.3, 0.4) is 0 Å². The van der Waals surface area contributed by atoms with Crippen LogP contribution in [0.4, 0.5) is 5.69 Å². The fraction of sp³-hybridized carbons (Fsp3) is 0.154. The number of hydrogen-bond acceptors (Lipinski definition) is 5. The number of nitro groups is 1. The van der Waals surface area contributed by atoms with Crippen molar-refractivity contribution in [2.75, 3.05) is 7.11 Å². The maximum atomic E-state index is 11.4. The summed E-state index contributed by atoms with van der Waals surface area (Å²) in [6, 6.07) is 6.27. The lowest BCUT2D eigenvalue weighted by atomic mass is 10.1. The first-order valence-corrected chi connectivity index (χ1v) is 6.33. The van der Waals surface area contributed by atoms with Crippen molar-refractivity contribution < 1.29 is 14.5 Å². The molecule has 0 atom stereocenters. The third kappa shape index (κ3) is 2.48. The summed E-state index contributed by atoms with van der Waals surface area (Å²) in [5, 5.41) is 13.0. The third-order valence-electron chi connectivity index (χ3n) is 2.72. The number of nitro benzene ring substituents is 1. The zero-order valence-electron chi connectivity index (χ0n) is 10.4. The molecule has 0 spiro atoms. The predicted octanol–water partition coefficient (Wildman–Crippen LogP) is 3.42. The highest BCUT2D eigenvalue weighted by Crippen LogP contribution is 2.36. The van der Waals surface area contributed by atoms with Gasteiger partial charge >= 0.3 is 5.97 Å². The number of rotatable bonds is 3. The van der Waals surface area contributed by atoms with E-state index < -0.39 is 10.9 Å². The highest BCUT2D eigenvalue weighted by atomic mass is 32.1. The molecule has 1 aromatic carbocycles. The summed E-state index contributed by atoms with van der Waals surface area (Å²) in [6.07, 6.45) is 0. The standard InChI is InChI=1S/C13H11NO4S/c1-8-5-6-19-12(8)10-4-3-9(13(15)18-2)7-11(10)14(16)17/h3-7H,1-2H3. The van der Waals surface area contributed by atoms with Crippen molar-refractivity contribution in [1.82, 2.24) is 0 Å². The lowest BCUT2D eigenvalue weighted by molar-refractivity contribution is -0.384. The van der Waals surface area contributed by atoms with E-state index in [2.05, 4.69) is 4.74 Å². The molecule has 0 radical (unpaired) electrons. The van der Waals surface area contributed by atoms with E-state index in [0.29, 0.717) is 5.56 Å². The number of aryl methyl sites for hydroxylation is 1. The summed E-state index contributed by atoms with van der Waals surface area (Å²) in [6.45, 7) is 1.89. The van der Waals surface area contributed by atoms with E-state index in [-0.39, 0.29) is 11.3 Å². The van der Waals surface area contributed by atoms with Gasteiger partial charge in [0, 0.05) is 10.9 Å². The number of nitrogens with zero attached hydrogens (tertiary/aromatic N) is 1. The molecule has 0 aliphatic carbocycles. The van der Waals surface area contributed by atoms with Crippen molar-refractivity contribution in [1.29, 1.82) is 0 Å². The Morgan fingerprint density at radius 3 is 2.63 bits per heavy atom. The lowest BCUT2D eigenvalue weighted by Crippen LogP contribution is -2.02. The van der Waals surface area contributed by atoms with Gasteiger partial charge in [-0.1, -0.05) is 0 Å². The molecular formula is C13H11NO4S. The summed E-state index contributed by atoms with van der Waals surface area (Å²) < 4.78 is 4.57. The minimum absolute atomic E-state index is 0.0894. The van der Waals surface area contributed by atoms with E-state index in [4.69, 9.17) is 0 Å². The number of hydrogen-bond donors (Lipinski definition) is 0. The van der Waals surface area contributed by atoms with Crippen LogP contribution in [0.2, 0.25) is 0 Å². The quantitative estimate of drug-likeness (QED) is 0.489. The number of benzene rings is 1. The second kappa shape index (κ2) is 5.19. The Labute approximate surface area is 113 Å². The number of carbonyl (C=O) groups excluding carboxylic acids is 1. The van der Waals surface area contributed by atoms with Crippen LogP contribution in [0.15, 0.2) is 29.6 Å². The summed E-state index contributed by atoms with van der Waals surface area (Å²) in [5.41, 5.74) is 1.57. The van der Waals surface area contributed by atoms with Crippen molar-refractivity contribution in [3.63, 3.8) is 0 Å². The third-order valence-corrected chi connectivity index (χ3v) is 3.77. The van der Waals surface area contributed by atoms with Gasteiger partial charge in [0.25, 0.3) is 5.69 Å². The van der Waals surface area contributed by atoms with Crippen LogP contribution < -0.4 is 0 Å². The van der Waals surface area contributed by atoms with Crippen LogP contribution in [0, 0.1) is 17.0 Å². The van der Waals surface area contributed by atoms with Gasteiger partial charge in [-0.05, 0) is 36.1 Å². The van der Waals surface area contributed by atoms with Crippen LogP contribution in [0.1, 0.15) is 15.9 Å². The molecule has 0 aliphatic rings. The highest BCUT2D eigenvalue weighted by molar-refractivity contribution is 7.13. The Kier molecular flexibility index (Phi) is 3.62. The van der Waals surface area contributed by atoms with E-state index in [9.17, 15) is 14.9 Å². The van der Waals surface area contributed by atoms with Crippen LogP contribution in [-0.2, 0) is 4.74 Å². The van der Waals surface area contributed by atoms with Crippen molar-refractivity contribution >= 4 is 23.0 Å². The molecular weight excluding hydrogens is 266 g/mol. The van der Waals surface area contributed by atoms with Gasteiger partial charge in [0.2, 0.25) is 0 Å². The summed E-state index contributed by atoms with van der Waals surface area (Å²) in [4.78, 5) is 22.9. The van der Waals surface area contributed by atoms with Crippen LogP contribution in [0.5, 0.6) is 0 Å². The van der Waals surface area contributed by atoms with E-state index >= 15 is 0 Å². The first-order valence-electron chi connectivity index (χ1n) is 5.46. The van der Waals surface area contributed by atoms with Crippen molar-refractivity contribution in [2.45, 2.75) is 6.92 Å². The molecule has 0 amide bonds. The Morgan fingerprint density at radius 1 is 1.37 bits per heavy atom. The molecule has 1 aromatic heterocycles. The van der Waals surface area contributed by atoms with Gasteiger partial charge in [-0.2, -0.15) is 0 Å². The Bertz CT molecular complexity index is 648. The zero-order chi connectivity index (χ0) is 14.0. The van der Waals surface area contributed by atoms with Gasteiger partial charge in [-0.25, -0.2) is 4.79 Å². The second-order valence-corrected chi connectivity index (χ2v) is 4.83. The molecule has 0 saturated carbocycles. The smallest absolute Gasteiger partial charge is 0.338 e. The monoisotopic (exact) mass is 277 g/mol. The van der Waals surface area contributed by atoms with Gasteiger partial charge < -0.3 is 4.74 Å². The molecule has 1 heterocycles. The fourth-order valence-corrected chi connectivity index (χ4v) is 2.73. The first-order chi connectivity index (χ1) is 9.04. The molecule has 19 heavy (non-hydrogen) atoms. The molecule has 0 aliphatic heterocycles. The number of esters is 1. The SMILES string of the molecule is COC(=O)c1ccc(-c2sccc2C)c([N+](=O)[O-])c1. The molecule has 0 unspecified atom stereocenters. The summed E-state index contributed by atoms with van der Waals surface area (Å²) in [5.74, 6) is -0.586. The van der Waals surface area contributed by atoms with Gasteiger partial charge in [0.05, 0.1) is 23.2 Å². The number of thiophene rings is 1. The van der Waals surface area contributed by atoms with E-state index in [1.54, 1.807) is 6.07 Å². The van der Waals surface area contributed by atoms with Crippen LogP contribution in [-0.4, -0.2) is 18.0 Å². The Hall–Kier alpha value is -2.21. The minimum atomic E-state index is -0.586. The van der Waals surface area contributed by atoms with Gasteiger partial charge in [-0.15, -0.1) is 11.3 Å². The normalized spacial score (nSPS) is 10.2. The van der Waals surface area contributed by atoms with E-state index in [1.807, 2.05) is 18.4 Å². The average molecular weight is 277 g/mol. The topological polar surface area (TPSA) is 69.4 Å². The summed E-state index contributed by atoms with van der Waals surface area (Å²) >= 11 is 1.43. The second-order valence-electron chi connectivity index (χ2n) is 3.91. The average Bonchev–Trinajstić information content (AvgIpc) is 2.83. The number of carbonyl (C=O) groups is 1. The van der Waals surface area contributed by atoms with E-state index in [0.717, 1.165) is 10.4 Å². The maximum Gasteiger partial charge on any atom is 0.338 e. The molecule has 0 saturated heterocycles. The van der Waals surface area contributed by atoms with Gasteiger partial charge in [-0.3, -0.25) is 10.1 Å². The van der Waals surface area contributed by atoms with Crippen molar-refractivity contribution in [3.05, 3.63) is 50.9 Å². The Balaban J connectivity index is 2.60. The molecule has 0 N–H and O–H groups in total. The lowest BCUT2D eigenvalue weighted by Gasteiger charge is -2.04. The van der Waals surface area contributed by atoms with Crippen LogP contribution >= 0.6 is 11.3 Å².